The molecule has 7 heteroatoms. The Morgan fingerprint density at radius 1 is 1.62 bits per heavy atom. The minimum absolute atomic E-state index is 0.0712. The summed E-state index contributed by atoms with van der Waals surface area (Å²) in [5.74, 6) is 1.15. The zero-order chi connectivity index (χ0) is 11.8. The third kappa shape index (κ3) is 5.09. The van der Waals surface area contributed by atoms with E-state index in [1.54, 1.807) is 0 Å². The van der Waals surface area contributed by atoms with Gasteiger partial charge in [0.15, 0.2) is 0 Å². The fraction of sp³-hybridized carbons (Fsp3) is 0.556. The molecule has 0 spiro atoms. The van der Waals surface area contributed by atoms with E-state index in [-0.39, 0.29) is 5.91 Å². The average molecular weight is 256 g/mol. The Morgan fingerprint density at radius 3 is 3.06 bits per heavy atom. The van der Waals surface area contributed by atoms with Crippen molar-refractivity contribution in [2.45, 2.75) is 19.8 Å². The van der Waals surface area contributed by atoms with Gasteiger partial charge in [-0.2, -0.15) is 17.0 Å². The minimum atomic E-state index is -0.0712. The van der Waals surface area contributed by atoms with E-state index in [2.05, 4.69) is 21.6 Å². The molecule has 0 saturated heterocycles. The predicted octanol–water partition coefficient (Wildman–Crippen LogP) is 1.82. The monoisotopic (exact) mass is 256 g/mol. The van der Waals surface area contributed by atoms with Crippen LogP contribution in [0.2, 0.25) is 0 Å². The van der Waals surface area contributed by atoms with Gasteiger partial charge in [-0.15, -0.1) is 10.2 Å². The van der Waals surface area contributed by atoms with Crippen LogP contribution in [0.15, 0.2) is 0 Å². The number of unbranched alkanes of at least 4 members (excludes halogenated alkanes) is 1. The van der Waals surface area contributed by atoms with Crippen molar-refractivity contribution in [2.75, 3.05) is 16.8 Å². The molecule has 0 aromatic carbocycles. The number of nitrogens with zero attached hydrogens (tertiary/aromatic N) is 3. The lowest BCUT2D eigenvalue weighted by Gasteiger charge is -1.99. The van der Waals surface area contributed by atoms with E-state index in [1.807, 2.05) is 6.92 Å². The molecule has 0 bridgehead atoms. The Balaban J connectivity index is 2.14. The molecular formula is C9H12N4OS2. The molecule has 1 N–H and O–H groups in total. The summed E-state index contributed by atoms with van der Waals surface area (Å²) in [6, 6.07) is 2.07. The Morgan fingerprint density at radius 2 is 2.44 bits per heavy atom. The van der Waals surface area contributed by atoms with Crippen molar-refractivity contribution in [1.82, 2.24) is 10.2 Å². The molecule has 0 aliphatic heterocycles. The molecule has 0 saturated carbocycles. The molecule has 1 heterocycles. The van der Waals surface area contributed by atoms with E-state index in [1.165, 1.54) is 23.1 Å². The van der Waals surface area contributed by atoms with Gasteiger partial charge in [0, 0.05) is 6.42 Å². The molecule has 1 rings (SSSR count). The number of carbonyl (C=O) groups excluding carboxylic acids is 1. The van der Waals surface area contributed by atoms with Gasteiger partial charge in [0.2, 0.25) is 11.0 Å². The van der Waals surface area contributed by atoms with Gasteiger partial charge in [-0.25, -0.2) is 0 Å². The SMILES string of the molecule is Cc1nnc(NC(=O)CSCCCC#N)s1. The summed E-state index contributed by atoms with van der Waals surface area (Å²) in [7, 11) is 0. The largest absolute Gasteiger partial charge is 0.300 e. The maximum atomic E-state index is 11.4. The second-order valence-corrected chi connectivity index (χ2v) is 5.28. The van der Waals surface area contributed by atoms with Gasteiger partial charge in [-0.3, -0.25) is 10.1 Å². The molecule has 86 valence electrons. The molecule has 0 unspecified atom stereocenters. The van der Waals surface area contributed by atoms with Gasteiger partial charge in [-0.05, 0) is 19.1 Å². The smallest absolute Gasteiger partial charge is 0.236 e. The van der Waals surface area contributed by atoms with E-state index in [4.69, 9.17) is 5.26 Å². The van der Waals surface area contributed by atoms with E-state index in [9.17, 15) is 4.79 Å². The standard InChI is InChI=1S/C9H12N4OS2/c1-7-12-13-9(16-7)11-8(14)6-15-5-3-2-4-10/h2-3,5-6H2,1H3,(H,11,13,14). The number of hydrogen-bond donors (Lipinski definition) is 1. The number of aryl methyl sites for hydroxylation is 1. The topological polar surface area (TPSA) is 78.7 Å². The lowest BCUT2D eigenvalue weighted by atomic mass is 10.4. The van der Waals surface area contributed by atoms with Crippen LogP contribution in [0.1, 0.15) is 17.8 Å². The first-order valence-corrected chi connectivity index (χ1v) is 6.74. The van der Waals surface area contributed by atoms with Crippen LogP contribution < -0.4 is 5.32 Å². The first-order valence-electron chi connectivity index (χ1n) is 4.77. The second kappa shape index (κ2) is 7.19. The van der Waals surface area contributed by atoms with E-state index >= 15 is 0 Å². The van der Waals surface area contributed by atoms with Crippen LogP contribution >= 0.6 is 23.1 Å². The molecule has 0 fully saturated rings. The van der Waals surface area contributed by atoms with Gasteiger partial charge in [0.05, 0.1) is 11.8 Å². The number of anilines is 1. The third-order valence-corrected chi connectivity index (χ3v) is 3.38. The summed E-state index contributed by atoms with van der Waals surface area (Å²) in [4.78, 5) is 11.4. The van der Waals surface area contributed by atoms with Crippen LogP contribution in [0.25, 0.3) is 0 Å². The highest BCUT2D eigenvalue weighted by molar-refractivity contribution is 7.99. The Bertz CT molecular complexity index is 385. The quantitative estimate of drug-likeness (QED) is 0.785. The molecule has 1 amide bonds. The van der Waals surface area contributed by atoms with Crippen LogP contribution in [0.3, 0.4) is 0 Å². The fourth-order valence-corrected chi connectivity index (χ4v) is 2.28. The minimum Gasteiger partial charge on any atom is -0.300 e. The summed E-state index contributed by atoms with van der Waals surface area (Å²) >= 11 is 2.88. The Labute approximate surface area is 102 Å². The number of amides is 1. The number of hydrogen-bond acceptors (Lipinski definition) is 6. The van der Waals surface area contributed by atoms with Crippen LogP contribution in [0.5, 0.6) is 0 Å². The Kier molecular flexibility index (Phi) is 5.82. The molecule has 1 aromatic rings. The number of thioether (sulfide) groups is 1. The molecule has 16 heavy (non-hydrogen) atoms. The highest BCUT2D eigenvalue weighted by Gasteiger charge is 2.05. The number of rotatable bonds is 6. The molecule has 1 aromatic heterocycles. The fourth-order valence-electron chi connectivity index (χ4n) is 0.921. The number of nitriles is 1. The normalized spacial score (nSPS) is 9.75. The third-order valence-electron chi connectivity index (χ3n) is 1.58. The van der Waals surface area contributed by atoms with E-state index in [0.717, 1.165) is 17.2 Å². The molecule has 0 atom stereocenters. The van der Waals surface area contributed by atoms with Gasteiger partial charge < -0.3 is 0 Å². The summed E-state index contributed by atoms with van der Waals surface area (Å²) in [6.45, 7) is 1.84. The second-order valence-electron chi connectivity index (χ2n) is 2.99. The van der Waals surface area contributed by atoms with Crippen molar-refractivity contribution in [3.63, 3.8) is 0 Å². The summed E-state index contributed by atoms with van der Waals surface area (Å²) in [5, 5.41) is 20.0. The highest BCUT2D eigenvalue weighted by Crippen LogP contribution is 2.14. The molecule has 5 nitrogen and oxygen atoms in total. The van der Waals surface area contributed by atoms with Crippen molar-refractivity contribution in [3.8, 4) is 6.07 Å². The van der Waals surface area contributed by atoms with Crippen molar-refractivity contribution in [2.24, 2.45) is 0 Å². The van der Waals surface area contributed by atoms with Crippen molar-refractivity contribution in [3.05, 3.63) is 5.01 Å². The van der Waals surface area contributed by atoms with Crippen molar-refractivity contribution >= 4 is 34.1 Å². The lowest BCUT2D eigenvalue weighted by Crippen LogP contribution is -2.14. The van der Waals surface area contributed by atoms with Crippen molar-refractivity contribution < 1.29 is 4.79 Å². The van der Waals surface area contributed by atoms with Crippen molar-refractivity contribution in [1.29, 1.82) is 5.26 Å². The average Bonchev–Trinajstić information content (AvgIpc) is 2.63. The van der Waals surface area contributed by atoms with Crippen LogP contribution in [-0.2, 0) is 4.79 Å². The van der Waals surface area contributed by atoms with Crippen LogP contribution in [0, 0.1) is 18.3 Å². The van der Waals surface area contributed by atoms with Crippen LogP contribution in [-0.4, -0.2) is 27.6 Å². The maximum absolute atomic E-state index is 11.4. The first kappa shape index (κ1) is 12.9. The zero-order valence-electron chi connectivity index (χ0n) is 8.89. The van der Waals surface area contributed by atoms with E-state index < -0.39 is 0 Å². The molecule has 0 aliphatic rings. The number of aromatic nitrogens is 2. The summed E-state index contributed by atoms with van der Waals surface area (Å²) < 4.78 is 0. The first-order chi connectivity index (χ1) is 7.72. The lowest BCUT2D eigenvalue weighted by molar-refractivity contribution is -0.113. The van der Waals surface area contributed by atoms with Gasteiger partial charge in [0.1, 0.15) is 5.01 Å². The Hall–Kier alpha value is -1.13. The van der Waals surface area contributed by atoms with Crippen LogP contribution in [0.4, 0.5) is 5.13 Å². The predicted molar refractivity (Wildman–Crippen MR) is 65.4 cm³/mol. The van der Waals surface area contributed by atoms with E-state index in [0.29, 0.717) is 17.3 Å². The molecule has 0 aliphatic carbocycles. The highest BCUT2D eigenvalue weighted by atomic mass is 32.2. The maximum Gasteiger partial charge on any atom is 0.236 e. The molecular weight excluding hydrogens is 244 g/mol. The zero-order valence-corrected chi connectivity index (χ0v) is 10.5. The molecule has 0 radical (unpaired) electrons. The summed E-state index contributed by atoms with van der Waals surface area (Å²) in [5.41, 5.74) is 0. The van der Waals surface area contributed by atoms with Gasteiger partial charge in [0.25, 0.3) is 0 Å². The summed E-state index contributed by atoms with van der Waals surface area (Å²) in [6.07, 6.45) is 1.37. The van der Waals surface area contributed by atoms with Gasteiger partial charge in [-0.1, -0.05) is 11.3 Å². The number of nitrogens with one attached hydrogen (secondary N) is 1. The number of carbonyl (C=O) groups is 1. The van der Waals surface area contributed by atoms with Gasteiger partial charge >= 0.3 is 0 Å².